The van der Waals surface area contributed by atoms with Crippen LogP contribution in [-0.2, 0) is 6.54 Å². The van der Waals surface area contributed by atoms with Crippen molar-refractivity contribution >= 4 is 5.91 Å². The fraction of sp³-hybridized carbons (Fsp3) is 0.0526. The zero-order chi connectivity index (χ0) is 16.9. The van der Waals surface area contributed by atoms with Crippen molar-refractivity contribution in [2.24, 2.45) is 0 Å². The predicted molar refractivity (Wildman–Crippen MR) is 89.6 cm³/mol. The molecule has 0 spiro atoms. The van der Waals surface area contributed by atoms with E-state index >= 15 is 0 Å². The highest BCUT2D eigenvalue weighted by Gasteiger charge is 2.05. The van der Waals surface area contributed by atoms with E-state index in [0.717, 1.165) is 11.3 Å². The zero-order valence-electron chi connectivity index (χ0n) is 12.8. The Bertz CT molecular complexity index is 900. The minimum absolute atomic E-state index is 0.102. The number of pyridine rings is 1. The lowest BCUT2D eigenvalue weighted by Gasteiger charge is -2.08. The van der Waals surface area contributed by atoms with Gasteiger partial charge in [-0.15, -0.1) is 0 Å². The third kappa shape index (κ3) is 3.57. The summed E-state index contributed by atoms with van der Waals surface area (Å²) in [5, 5.41) is 2.78. The molecule has 0 fully saturated rings. The number of carbonyl (C=O) groups is 1. The normalized spacial score (nSPS) is 10.4. The molecule has 0 aliphatic heterocycles. The molecule has 0 saturated heterocycles. The van der Waals surface area contributed by atoms with E-state index in [0.29, 0.717) is 12.1 Å². The second kappa shape index (κ2) is 6.91. The number of aromatic nitrogens is 1. The minimum atomic E-state index is -0.377. The van der Waals surface area contributed by atoms with Crippen LogP contribution in [0.3, 0.4) is 0 Å². The van der Waals surface area contributed by atoms with Gasteiger partial charge in [-0.1, -0.05) is 18.2 Å². The van der Waals surface area contributed by atoms with Gasteiger partial charge in [0.05, 0.1) is 0 Å². The predicted octanol–water partition coefficient (Wildman–Crippen LogP) is 2.91. The first-order valence-electron chi connectivity index (χ1n) is 7.44. The molecule has 4 nitrogen and oxygen atoms in total. The van der Waals surface area contributed by atoms with Crippen LogP contribution in [0.2, 0.25) is 0 Å². The van der Waals surface area contributed by atoms with Crippen LogP contribution < -0.4 is 10.9 Å². The molecule has 0 bridgehead atoms. The van der Waals surface area contributed by atoms with Gasteiger partial charge in [-0.3, -0.25) is 14.2 Å². The number of benzene rings is 2. The molecule has 3 rings (SSSR count). The van der Waals surface area contributed by atoms with Crippen molar-refractivity contribution in [1.29, 1.82) is 0 Å². The molecular formula is C19H15FN2O2. The van der Waals surface area contributed by atoms with E-state index in [-0.39, 0.29) is 17.3 Å². The zero-order valence-corrected chi connectivity index (χ0v) is 12.8. The van der Waals surface area contributed by atoms with Gasteiger partial charge < -0.3 is 5.32 Å². The monoisotopic (exact) mass is 322 g/mol. The maximum absolute atomic E-state index is 12.9. The third-order valence-corrected chi connectivity index (χ3v) is 3.60. The second-order valence-corrected chi connectivity index (χ2v) is 5.26. The smallest absolute Gasteiger partial charge is 0.255 e. The van der Waals surface area contributed by atoms with E-state index in [1.165, 1.54) is 30.3 Å². The van der Waals surface area contributed by atoms with Crippen LogP contribution in [0.1, 0.15) is 15.9 Å². The van der Waals surface area contributed by atoms with Crippen molar-refractivity contribution in [3.8, 4) is 5.69 Å². The molecule has 0 saturated carbocycles. The van der Waals surface area contributed by atoms with Crippen molar-refractivity contribution in [3.05, 3.63) is 100 Å². The Balaban J connectivity index is 1.66. The number of hydrogen-bond donors (Lipinski definition) is 1. The lowest BCUT2D eigenvalue weighted by molar-refractivity contribution is 0.0951. The van der Waals surface area contributed by atoms with E-state index in [4.69, 9.17) is 0 Å². The highest BCUT2D eigenvalue weighted by molar-refractivity contribution is 5.94. The van der Waals surface area contributed by atoms with Gasteiger partial charge in [-0.2, -0.15) is 0 Å². The van der Waals surface area contributed by atoms with Gasteiger partial charge >= 0.3 is 0 Å². The van der Waals surface area contributed by atoms with Crippen LogP contribution in [0.4, 0.5) is 4.39 Å². The molecule has 1 heterocycles. The van der Waals surface area contributed by atoms with E-state index in [1.807, 2.05) is 24.3 Å². The molecule has 5 heteroatoms. The number of nitrogens with one attached hydrogen (secondary N) is 1. The van der Waals surface area contributed by atoms with Gasteiger partial charge in [0.2, 0.25) is 0 Å². The fourth-order valence-corrected chi connectivity index (χ4v) is 2.30. The Morgan fingerprint density at radius 3 is 2.33 bits per heavy atom. The average Bonchev–Trinajstić information content (AvgIpc) is 2.61. The number of amides is 1. The first kappa shape index (κ1) is 15.7. The van der Waals surface area contributed by atoms with E-state index in [9.17, 15) is 14.0 Å². The summed E-state index contributed by atoms with van der Waals surface area (Å²) in [6, 6.07) is 17.7. The first-order chi connectivity index (χ1) is 11.6. The first-order valence-corrected chi connectivity index (χ1v) is 7.44. The third-order valence-electron chi connectivity index (χ3n) is 3.60. The molecular weight excluding hydrogens is 307 g/mol. The van der Waals surface area contributed by atoms with Crippen LogP contribution in [0.5, 0.6) is 0 Å². The van der Waals surface area contributed by atoms with Crippen molar-refractivity contribution in [1.82, 2.24) is 9.88 Å². The van der Waals surface area contributed by atoms with Crippen molar-refractivity contribution in [2.45, 2.75) is 6.54 Å². The molecule has 1 N–H and O–H groups in total. The summed E-state index contributed by atoms with van der Waals surface area (Å²) in [5.41, 5.74) is 1.96. The quantitative estimate of drug-likeness (QED) is 0.803. The Labute approximate surface area is 138 Å². The topological polar surface area (TPSA) is 51.1 Å². The summed E-state index contributed by atoms with van der Waals surface area (Å²) in [4.78, 5) is 23.8. The summed E-state index contributed by atoms with van der Waals surface area (Å²) < 4.78 is 14.4. The standard InChI is InChI=1S/C19H15FN2O2/c20-16-8-6-15(7-9-16)19(24)21-13-14-4-10-17(11-5-14)22-12-2-1-3-18(22)23/h1-12H,13H2,(H,21,24). The van der Waals surface area contributed by atoms with Crippen LogP contribution >= 0.6 is 0 Å². The van der Waals surface area contributed by atoms with Gasteiger partial charge in [-0.25, -0.2) is 4.39 Å². The van der Waals surface area contributed by atoms with Gasteiger partial charge in [0.25, 0.3) is 11.5 Å². The summed E-state index contributed by atoms with van der Waals surface area (Å²) in [7, 11) is 0. The highest BCUT2D eigenvalue weighted by Crippen LogP contribution is 2.08. The number of hydrogen-bond acceptors (Lipinski definition) is 2. The molecule has 24 heavy (non-hydrogen) atoms. The molecule has 1 amide bonds. The Hall–Kier alpha value is -3.21. The van der Waals surface area contributed by atoms with Gasteiger partial charge in [0.1, 0.15) is 5.82 Å². The van der Waals surface area contributed by atoms with Crippen molar-refractivity contribution in [3.63, 3.8) is 0 Å². The van der Waals surface area contributed by atoms with Gasteiger partial charge in [-0.05, 0) is 48.0 Å². The molecule has 1 aromatic heterocycles. The maximum Gasteiger partial charge on any atom is 0.255 e. The molecule has 2 aromatic carbocycles. The van der Waals surface area contributed by atoms with Crippen LogP contribution in [0, 0.1) is 5.82 Å². The number of halogens is 1. The molecule has 0 unspecified atom stereocenters. The highest BCUT2D eigenvalue weighted by atomic mass is 19.1. The van der Waals surface area contributed by atoms with Crippen molar-refractivity contribution < 1.29 is 9.18 Å². The Morgan fingerprint density at radius 2 is 1.67 bits per heavy atom. The lowest BCUT2D eigenvalue weighted by atomic mass is 10.1. The van der Waals surface area contributed by atoms with Gasteiger partial charge in [0, 0.05) is 30.1 Å². The molecule has 0 radical (unpaired) electrons. The van der Waals surface area contributed by atoms with E-state index in [1.54, 1.807) is 22.9 Å². The van der Waals surface area contributed by atoms with E-state index in [2.05, 4.69) is 5.32 Å². The molecule has 0 atom stereocenters. The summed E-state index contributed by atoms with van der Waals surface area (Å²) >= 11 is 0. The average molecular weight is 322 g/mol. The van der Waals surface area contributed by atoms with Crippen LogP contribution in [0.15, 0.2) is 77.7 Å². The molecule has 0 aliphatic rings. The van der Waals surface area contributed by atoms with Crippen LogP contribution in [0.25, 0.3) is 5.69 Å². The van der Waals surface area contributed by atoms with Gasteiger partial charge in [0.15, 0.2) is 0 Å². The molecule has 120 valence electrons. The lowest BCUT2D eigenvalue weighted by Crippen LogP contribution is -2.22. The Morgan fingerprint density at radius 1 is 0.958 bits per heavy atom. The SMILES string of the molecule is O=C(NCc1ccc(-n2ccccc2=O)cc1)c1ccc(F)cc1. The summed E-state index contributed by atoms with van der Waals surface area (Å²) in [6.45, 7) is 0.347. The largest absolute Gasteiger partial charge is 0.348 e. The number of carbonyl (C=O) groups excluding carboxylic acids is 1. The Kier molecular flexibility index (Phi) is 4.52. The number of nitrogens with zero attached hydrogens (tertiary/aromatic N) is 1. The summed E-state index contributed by atoms with van der Waals surface area (Å²) in [6.07, 6.45) is 1.70. The van der Waals surface area contributed by atoms with E-state index < -0.39 is 0 Å². The minimum Gasteiger partial charge on any atom is -0.348 e. The molecule has 3 aromatic rings. The fourth-order valence-electron chi connectivity index (χ4n) is 2.30. The summed E-state index contributed by atoms with van der Waals surface area (Å²) in [5.74, 6) is -0.642. The van der Waals surface area contributed by atoms with Crippen molar-refractivity contribution in [2.75, 3.05) is 0 Å². The maximum atomic E-state index is 12.9. The van der Waals surface area contributed by atoms with Crippen LogP contribution in [-0.4, -0.2) is 10.5 Å². The molecule has 0 aliphatic carbocycles. The number of rotatable bonds is 4. The second-order valence-electron chi connectivity index (χ2n) is 5.26.